The molecule has 4 rings (SSSR count). The summed E-state index contributed by atoms with van der Waals surface area (Å²) in [5.74, 6) is -2.28. The molecule has 0 radical (unpaired) electrons. The number of ether oxygens (including phenoxy) is 1. The van der Waals surface area contributed by atoms with Crippen molar-refractivity contribution in [2.75, 3.05) is 18.0 Å². The van der Waals surface area contributed by atoms with Crippen LogP contribution in [-0.4, -0.2) is 33.1 Å². The summed E-state index contributed by atoms with van der Waals surface area (Å²) in [4.78, 5) is 12.3. The van der Waals surface area contributed by atoms with E-state index in [0.717, 1.165) is 4.88 Å². The molecule has 0 unspecified atom stereocenters. The number of hydrogen-bond donors (Lipinski definition) is 2. The minimum absolute atomic E-state index is 0.127. The van der Waals surface area contributed by atoms with Crippen LogP contribution in [0.25, 0.3) is 21.2 Å². The van der Waals surface area contributed by atoms with Crippen molar-refractivity contribution in [2.24, 2.45) is 0 Å². The fourth-order valence-electron chi connectivity index (χ4n) is 2.95. The number of anilines is 1. The molecule has 1 aliphatic rings. The van der Waals surface area contributed by atoms with Gasteiger partial charge in [-0.3, -0.25) is 4.79 Å². The number of fused-ring (bicyclic) bond motifs is 1. The summed E-state index contributed by atoms with van der Waals surface area (Å²) in [5.41, 5.74) is 0.159. The molecule has 10 heteroatoms. The number of methoxy groups -OCH3 is 1. The third kappa shape index (κ3) is 2.86. The zero-order chi connectivity index (χ0) is 19.3. The first-order chi connectivity index (χ1) is 12.8. The minimum atomic E-state index is -4.25. The molecule has 2 heterocycles. The Balaban J connectivity index is 1.90. The van der Waals surface area contributed by atoms with E-state index in [1.54, 1.807) is 36.1 Å². The lowest BCUT2D eigenvalue weighted by Crippen LogP contribution is -2.30. The zero-order valence-corrected chi connectivity index (χ0v) is 15.5. The predicted octanol–water partition coefficient (Wildman–Crippen LogP) is 2.60. The van der Waals surface area contributed by atoms with Crippen molar-refractivity contribution >= 4 is 43.9 Å². The summed E-state index contributed by atoms with van der Waals surface area (Å²) in [6.07, 6.45) is 0. The van der Waals surface area contributed by atoms with Gasteiger partial charge < -0.3 is 9.84 Å². The number of aromatic hydroxyl groups is 1. The van der Waals surface area contributed by atoms with Gasteiger partial charge in [0.25, 0.3) is 5.91 Å². The van der Waals surface area contributed by atoms with Crippen LogP contribution in [0.3, 0.4) is 0 Å². The van der Waals surface area contributed by atoms with Crippen LogP contribution >= 0.6 is 11.3 Å². The lowest BCUT2D eigenvalue weighted by Gasteiger charge is -2.18. The Morgan fingerprint density at radius 2 is 2.04 bits per heavy atom. The molecule has 1 aliphatic heterocycles. The van der Waals surface area contributed by atoms with Crippen LogP contribution in [0, 0.1) is 5.82 Å². The van der Waals surface area contributed by atoms with Crippen LogP contribution in [0.4, 0.5) is 10.1 Å². The fraction of sp³-hybridized carbons (Fsp3) is 0.118. The molecule has 1 aromatic heterocycles. The van der Waals surface area contributed by atoms with Gasteiger partial charge in [-0.2, -0.15) is 8.42 Å². The van der Waals surface area contributed by atoms with Crippen molar-refractivity contribution in [3.8, 4) is 21.3 Å². The van der Waals surface area contributed by atoms with E-state index in [4.69, 9.17) is 4.74 Å². The van der Waals surface area contributed by atoms with E-state index in [1.165, 1.54) is 17.4 Å². The number of amides is 1. The van der Waals surface area contributed by atoms with Gasteiger partial charge in [0, 0.05) is 10.3 Å². The molecule has 140 valence electrons. The first-order valence-corrected chi connectivity index (χ1v) is 9.98. The molecular weight excluding hydrogens is 395 g/mol. The molecule has 2 N–H and O–H groups in total. The van der Waals surface area contributed by atoms with Crippen molar-refractivity contribution in [3.05, 3.63) is 42.2 Å². The van der Waals surface area contributed by atoms with Crippen LogP contribution in [0.15, 0.2) is 36.4 Å². The Bertz CT molecular complexity index is 1190. The molecule has 3 aromatic rings. The standard InChI is InChI=1S/C17H13FN2O5S2/c1-25-15-5-4-13(26-15)10-3-2-9-7-12(21)17(16(18)11(9)6-10)20-8-14(22)19-27(20,23)24/h2-7,21H,8H2,1H3,(H,19,22). The summed E-state index contributed by atoms with van der Waals surface area (Å²) >= 11 is 1.38. The number of nitrogens with zero attached hydrogens (tertiary/aromatic N) is 1. The number of halogens is 1. The van der Waals surface area contributed by atoms with Crippen LogP contribution < -0.4 is 13.8 Å². The highest BCUT2D eigenvalue weighted by Gasteiger charge is 2.37. The summed E-state index contributed by atoms with van der Waals surface area (Å²) in [7, 11) is -2.69. The highest BCUT2D eigenvalue weighted by Crippen LogP contribution is 2.40. The molecule has 1 fully saturated rings. The number of thiophene rings is 1. The third-order valence-corrected chi connectivity index (χ3v) is 6.64. The van der Waals surface area contributed by atoms with Crippen LogP contribution in [0.5, 0.6) is 10.8 Å². The summed E-state index contributed by atoms with van der Waals surface area (Å²) in [5, 5.41) is 11.4. The van der Waals surface area contributed by atoms with Crippen LogP contribution in [-0.2, 0) is 15.0 Å². The highest BCUT2D eigenvalue weighted by molar-refractivity contribution is 7.92. The lowest BCUT2D eigenvalue weighted by molar-refractivity contribution is -0.117. The van der Waals surface area contributed by atoms with Gasteiger partial charge in [0.05, 0.1) is 7.11 Å². The van der Waals surface area contributed by atoms with Gasteiger partial charge in [-0.1, -0.05) is 23.5 Å². The number of carbonyl (C=O) groups is 1. The number of hydrogen-bond acceptors (Lipinski definition) is 6. The van der Waals surface area contributed by atoms with Crippen LogP contribution in [0.2, 0.25) is 0 Å². The molecular formula is C17H13FN2O5S2. The number of carbonyl (C=O) groups excluding carboxylic acids is 1. The normalized spacial score (nSPS) is 15.9. The van der Waals surface area contributed by atoms with Crippen molar-refractivity contribution in [1.82, 2.24) is 4.72 Å². The maximum atomic E-state index is 15.2. The van der Waals surface area contributed by atoms with E-state index in [9.17, 15) is 18.3 Å². The van der Waals surface area contributed by atoms with Gasteiger partial charge in [0.1, 0.15) is 18.0 Å². The van der Waals surface area contributed by atoms with Crippen LogP contribution in [0.1, 0.15) is 0 Å². The fourth-order valence-corrected chi connectivity index (χ4v) is 4.93. The maximum absolute atomic E-state index is 15.2. The third-order valence-electron chi connectivity index (χ3n) is 4.17. The molecule has 0 saturated carbocycles. The van der Waals surface area contributed by atoms with Gasteiger partial charge in [-0.25, -0.2) is 13.4 Å². The average molecular weight is 408 g/mol. The number of phenols is 1. The van der Waals surface area contributed by atoms with Crippen molar-refractivity contribution < 1.29 is 27.4 Å². The first-order valence-electron chi connectivity index (χ1n) is 7.73. The van der Waals surface area contributed by atoms with E-state index in [0.29, 0.717) is 20.3 Å². The quantitative estimate of drug-likeness (QED) is 0.695. The second-order valence-electron chi connectivity index (χ2n) is 5.85. The Kier molecular flexibility index (Phi) is 3.97. The number of nitrogens with one attached hydrogen (secondary N) is 1. The topological polar surface area (TPSA) is 95.9 Å². The minimum Gasteiger partial charge on any atom is -0.506 e. The van der Waals surface area contributed by atoms with E-state index in [1.807, 2.05) is 6.07 Å². The Hall–Kier alpha value is -2.85. The molecule has 0 spiro atoms. The molecule has 1 amide bonds. The van der Waals surface area contributed by atoms with E-state index < -0.39 is 39.9 Å². The van der Waals surface area contributed by atoms with E-state index in [2.05, 4.69) is 0 Å². The van der Waals surface area contributed by atoms with Gasteiger partial charge >= 0.3 is 10.2 Å². The molecule has 0 aliphatic carbocycles. The molecule has 0 bridgehead atoms. The second-order valence-corrected chi connectivity index (χ2v) is 8.50. The molecule has 0 atom stereocenters. The molecule has 2 aromatic carbocycles. The second kappa shape index (κ2) is 6.10. The Morgan fingerprint density at radius 1 is 1.26 bits per heavy atom. The Morgan fingerprint density at radius 3 is 2.67 bits per heavy atom. The van der Waals surface area contributed by atoms with Gasteiger partial charge in [-0.15, -0.1) is 0 Å². The van der Waals surface area contributed by atoms with Gasteiger partial charge in [0.2, 0.25) is 0 Å². The number of benzene rings is 2. The molecule has 27 heavy (non-hydrogen) atoms. The maximum Gasteiger partial charge on any atom is 0.326 e. The zero-order valence-electron chi connectivity index (χ0n) is 13.9. The SMILES string of the molecule is COc1ccc(-c2ccc3cc(O)c(N4CC(=O)NS4(=O)=O)c(F)c3c2)s1. The van der Waals surface area contributed by atoms with Crippen molar-refractivity contribution in [1.29, 1.82) is 0 Å². The first kappa shape index (κ1) is 17.6. The van der Waals surface area contributed by atoms with E-state index in [-0.39, 0.29) is 5.39 Å². The average Bonchev–Trinajstić information content (AvgIpc) is 3.19. The number of phenolic OH excluding ortho intramolecular Hbond substituents is 1. The van der Waals surface area contributed by atoms with Gasteiger partial charge in [-0.05, 0) is 35.2 Å². The van der Waals surface area contributed by atoms with Crippen molar-refractivity contribution in [2.45, 2.75) is 0 Å². The Labute approximate surface area is 157 Å². The smallest absolute Gasteiger partial charge is 0.326 e. The highest BCUT2D eigenvalue weighted by atomic mass is 32.2. The van der Waals surface area contributed by atoms with E-state index >= 15 is 4.39 Å². The number of rotatable bonds is 3. The summed E-state index contributed by atoms with van der Waals surface area (Å²) < 4.78 is 46.7. The summed E-state index contributed by atoms with van der Waals surface area (Å²) in [6.45, 7) is -0.597. The predicted molar refractivity (Wildman–Crippen MR) is 99.8 cm³/mol. The molecule has 1 saturated heterocycles. The molecule has 7 nitrogen and oxygen atoms in total. The van der Waals surface area contributed by atoms with Crippen molar-refractivity contribution in [3.63, 3.8) is 0 Å². The largest absolute Gasteiger partial charge is 0.506 e. The van der Waals surface area contributed by atoms with Gasteiger partial charge in [0.15, 0.2) is 10.9 Å². The lowest BCUT2D eigenvalue weighted by atomic mass is 10.0. The summed E-state index contributed by atoms with van der Waals surface area (Å²) in [6, 6.07) is 9.85. The monoisotopic (exact) mass is 408 g/mol.